The largest absolute Gasteiger partial charge is 0.380 e. The zero-order chi connectivity index (χ0) is 28.3. The summed E-state index contributed by atoms with van der Waals surface area (Å²) < 4.78 is 20.5. The second-order valence-electron chi connectivity index (χ2n) is 10.4. The molecule has 1 aliphatic carbocycles. The third kappa shape index (κ3) is 6.24. The van der Waals surface area contributed by atoms with E-state index in [0.717, 1.165) is 6.42 Å². The molecular weight excluding hydrogens is 535 g/mol. The molecule has 1 saturated heterocycles. The third-order valence-electron chi connectivity index (χ3n) is 7.63. The number of halogens is 2. The van der Waals surface area contributed by atoms with Gasteiger partial charge in [0.15, 0.2) is 0 Å². The van der Waals surface area contributed by atoms with Crippen LogP contribution in [0.5, 0.6) is 0 Å². The smallest absolute Gasteiger partial charge is 0.323 e. The quantitative estimate of drug-likeness (QED) is 0.338. The molecule has 40 heavy (non-hydrogen) atoms. The van der Waals surface area contributed by atoms with Crippen molar-refractivity contribution in [1.29, 1.82) is 0 Å². The van der Waals surface area contributed by atoms with Crippen LogP contribution in [0.25, 0.3) is 0 Å². The number of urea groups is 1. The van der Waals surface area contributed by atoms with Gasteiger partial charge in [0.2, 0.25) is 5.91 Å². The average Bonchev–Trinajstić information content (AvgIpc) is 3.70. The van der Waals surface area contributed by atoms with E-state index in [0.29, 0.717) is 28.6 Å². The molecule has 3 atom stereocenters. The number of likely N-dealkylation sites (tertiary alicyclic amines) is 1. The molecule has 1 aliphatic heterocycles. The number of nitrogens with zero attached hydrogens (tertiary/aromatic N) is 3. The van der Waals surface area contributed by atoms with Crippen LogP contribution >= 0.6 is 11.6 Å². The van der Waals surface area contributed by atoms with Gasteiger partial charge in [-0.15, -0.1) is 0 Å². The number of anilines is 2. The van der Waals surface area contributed by atoms with Gasteiger partial charge < -0.3 is 20.7 Å². The Labute approximate surface area is 237 Å². The number of carbonyl (C=O) groups excluding carboxylic acids is 2. The first-order valence-electron chi connectivity index (χ1n) is 13.3. The molecule has 3 aromatic rings. The van der Waals surface area contributed by atoms with Gasteiger partial charge >= 0.3 is 6.03 Å². The number of amides is 3. The van der Waals surface area contributed by atoms with Gasteiger partial charge in [0, 0.05) is 32.5 Å². The van der Waals surface area contributed by atoms with E-state index in [-0.39, 0.29) is 30.6 Å². The highest BCUT2D eigenvalue weighted by molar-refractivity contribution is 6.30. The molecule has 2 aliphatic rings. The summed E-state index contributed by atoms with van der Waals surface area (Å²) in [7, 11) is 1.52. The van der Waals surface area contributed by atoms with Gasteiger partial charge in [-0.3, -0.25) is 15.1 Å². The zero-order valence-electron chi connectivity index (χ0n) is 22.1. The second-order valence-corrected chi connectivity index (χ2v) is 10.8. The Kier molecular flexibility index (Phi) is 8.30. The standard InChI is InChI=1S/C29H32ClFN6O3/c1-40-21-15-24(37(17-21)28(39)36-26-10-8-20(30)16-34-26)27(38)35-23-14-19(7-9-22(23)31)29(32,12-11-18-5-6-18)25-4-2-3-13-33-25/h2-4,7-10,13-14,16,18,21,24H,5-6,11-12,15,17,32H2,1H3,(H,35,38)(H,34,36,39)/t21-,24-,29?/m1/s1. The van der Waals surface area contributed by atoms with E-state index in [1.807, 2.05) is 18.2 Å². The van der Waals surface area contributed by atoms with E-state index >= 15 is 4.39 Å². The van der Waals surface area contributed by atoms with Gasteiger partial charge in [0.1, 0.15) is 17.7 Å². The van der Waals surface area contributed by atoms with Gasteiger partial charge in [0.05, 0.1) is 28.0 Å². The zero-order valence-corrected chi connectivity index (χ0v) is 22.9. The van der Waals surface area contributed by atoms with Crippen LogP contribution in [0.3, 0.4) is 0 Å². The lowest BCUT2D eigenvalue weighted by Crippen LogP contribution is -2.45. The van der Waals surface area contributed by atoms with E-state index in [4.69, 9.17) is 22.1 Å². The molecule has 3 amide bonds. The van der Waals surface area contributed by atoms with Gasteiger partial charge in [-0.1, -0.05) is 36.6 Å². The van der Waals surface area contributed by atoms with Crippen LogP contribution in [0.15, 0.2) is 60.9 Å². The SMILES string of the molecule is CO[C@@H]1C[C@H](C(=O)Nc2cc(C(N)(CCC3CC3)c3ccccn3)ccc2F)N(C(=O)Nc2ccc(Cl)cn2)C1. The average molecular weight is 567 g/mol. The first kappa shape index (κ1) is 27.9. The summed E-state index contributed by atoms with van der Waals surface area (Å²) in [5.74, 6) is -0.214. The maximum atomic E-state index is 15.0. The van der Waals surface area contributed by atoms with Gasteiger partial charge in [-0.2, -0.15) is 0 Å². The minimum absolute atomic E-state index is 0.0136. The number of aromatic nitrogens is 2. The number of carbonyl (C=O) groups is 2. The van der Waals surface area contributed by atoms with Crippen LogP contribution < -0.4 is 16.4 Å². The van der Waals surface area contributed by atoms with Crippen LogP contribution in [-0.4, -0.2) is 52.6 Å². The van der Waals surface area contributed by atoms with Crippen LogP contribution in [0.2, 0.25) is 5.02 Å². The summed E-state index contributed by atoms with van der Waals surface area (Å²) in [5, 5.41) is 5.80. The normalized spacial score (nSPS) is 20.1. The minimum atomic E-state index is -0.955. The molecule has 3 heterocycles. The summed E-state index contributed by atoms with van der Waals surface area (Å²) in [6.07, 6.45) is 6.92. The van der Waals surface area contributed by atoms with Crippen LogP contribution in [0, 0.1) is 11.7 Å². The molecule has 11 heteroatoms. The predicted octanol–water partition coefficient (Wildman–Crippen LogP) is 4.92. The highest BCUT2D eigenvalue weighted by Gasteiger charge is 2.41. The highest BCUT2D eigenvalue weighted by atomic mass is 35.5. The van der Waals surface area contributed by atoms with Gasteiger partial charge in [0.25, 0.3) is 0 Å². The van der Waals surface area contributed by atoms with Crippen molar-refractivity contribution in [2.45, 2.75) is 49.8 Å². The summed E-state index contributed by atoms with van der Waals surface area (Å²) in [5.41, 5.74) is 7.33. The topological polar surface area (TPSA) is 122 Å². The number of nitrogens with one attached hydrogen (secondary N) is 2. The molecule has 1 saturated carbocycles. The molecule has 210 valence electrons. The monoisotopic (exact) mass is 566 g/mol. The fourth-order valence-corrected chi connectivity index (χ4v) is 5.18. The molecule has 0 radical (unpaired) electrons. The lowest BCUT2D eigenvalue weighted by atomic mass is 9.82. The fourth-order valence-electron chi connectivity index (χ4n) is 5.07. The Bertz CT molecular complexity index is 1360. The Balaban J connectivity index is 1.37. The van der Waals surface area contributed by atoms with Crippen molar-refractivity contribution < 1.29 is 18.7 Å². The highest BCUT2D eigenvalue weighted by Crippen LogP contribution is 2.40. The molecule has 9 nitrogen and oxygen atoms in total. The molecule has 2 aromatic heterocycles. The predicted molar refractivity (Wildman–Crippen MR) is 150 cm³/mol. The molecule has 0 spiro atoms. The lowest BCUT2D eigenvalue weighted by molar-refractivity contribution is -0.119. The van der Waals surface area contributed by atoms with Crippen LogP contribution in [-0.2, 0) is 15.1 Å². The summed E-state index contributed by atoms with van der Waals surface area (Å²) >= 11 is 5.88. The Morgan fingerprint density at radius 1 is 1.18 bits per heavy atom. The number of benzene rings is 1. The van der Waals surface area contributed by atoms with Crippen molar-refractivity contribution >= 4 is 35.0 Å². The molecule has 1 unspecified atom stereocenters. The number of pyridine rings is 2. The molecule has 1 aromatic carbocycles. The van der Waals surface area contributed by atoms with Crippen LogP contribution in [0.1, 0.15) is 43.4 Å². The third-order valence-corrected chi connectivity index (χ3v) is 7.85. The molecule has 4 N–H and O–H groups in total. The minimum Gasteiger partial charge on any atom is -0.380 e. The number of hydrogen-bond acceptors (Lipinski definition) is 6. The number of ether oxygens (including phenoxy) is 1. The first-order valence-corrected chi connectivity index (χ1v) is 13.7. The summed E-state index contributed by atoms with van der Waals surface area (Å²) in [6.45, 7) is 0.184. The molecule has 2 fully saturated rings. The Morgan fingerprint density at radius 2 is 2.00 bits per heavy atom. The van der Waals surface area contributed by atoms with E-state index in [1.54, 1.807) is 30.5 Å². The maximum absolute atomic E-state index is 15.0. The Morgan fingerprint density at radius 3 is 2.67 bits per heavy atom. The second kappa shape index (κ2) is 11.9. The fraction of sp³-hybridized carbons (Fsp3) is 0.379. The number of methoxy groups -OCH3 is 1. The van der Waals surface area contributed by atoms with Crippen molar-refractivity contribution in [3.8, 4) is 0 Å². The first-order chi connectivity index (χ1) is 19.3. The number of nitrogens with two attached hydrogens (primary N) is 1. The molecule has 5 rings (SSSR count). The number of rotatable bonds is 9. The van der Waals surface area contributed by atoms with Gasteiger partial charge in [-0.05, 0) is 60.7 Å². The van der Waals surface area contributed by atoms with E-state index in [2.05, 4.69) is 20.6 Å². The summed E-state index contributed by atoms with van der Waals surface area (Å²) in [6, 6.07) is 11.8. The summed E-state index contributed by atoms with van der Waals surface area (Å²) in [4.78, 5) is 36.5. The van der Waals surface area contributed by atoms with Crippen molar-refractivity contribution in [3.05, 3.63) is 83.0 Å². The van der Waals surface area contributed by atoms with Crippen LogP contribution in [0.4, 0.5) is 20.7 Å². The van der Waals surface area contributed by atoms with E-state index < -0.39 is 29.3 Å². The van der Waals surface area contributed by atoms with Crippen molar-refractivity contribution in [2.24, 2.45) is 11.7 Å². The number of hydrogen-bond donors (Lipinski definition) is 3. The maximum Gasteiger partial charge on any atom is 0.323 e. The molecule has 0 bridgehead atoms. The van der Waals surface area contributed by atoms with Gasteiger partial charge in [-0.25, -0.2) is 14.2 Å². The lowest BCUT2D eigenvalue weighted by Gasteiger charge is -2.30. The Hall–Kier alpha value is -3.60. The van der Waals surface area contributed by atoms with Crippen molar-refractivity contribution in [1.82, 2.24) is 14.9 Å². The van der Waals surface area contributed by atoms with Crippen molar-refractivity contribution in [3.63, 3.8) is 0 Å². The van der Waals surface area contributed by atoms with E-state index in [1.165, 1.54) is 37.1 Å². The molecular formula is C29H32ClFN6O3. The van der Waals surface area contributed by atoms with Crippen molar-refractivity contribution in [2.75, 3.05) is 24.3 Å². The van der Waals surface area contributed by atoms with E-state index in [9.17, 15) is 9.59 Å².